The zero-order chi connectivity index (χ0) is 12.4. The Hall–Kier alpha value is -2.10. The number of hydrogen-bond acceptors (Lipinski definition) is 3. The molecule has 0 amide bonds. The van der Waals surface area contributed by atoms with Gasteiger partial charge in [0, 0.05) is 19.1 Å². The zero-order valence-corrected chi connectivity index (χ0v) is 9.77. The van der Waals surface area contributed by atoms with Gasteiger partial charge in [-0.15, -0.1) is 0 Å². The van der Waals surface area contributed by atoms with E-state index in [1.807, 2.05) is 0 Å². The number of pyridine rings is 1. The molecular weight excluding hydrogens is 218 g/mol. The van der Waals surface area contributed by atoms with Gasteiger partial charge in [-0.3, -0.25) is 0 Å². The Bertz CT molecular complexity index is 578. The van der Waals surface area contributed by atoms with Gasteiger partial charge in [0.05, 0.1) is 17.6 Å². The van der Waals surface area contributed by atoms with Crippen molar-refractivity contribution in [2.75, 3.05) is 6.61 Å². The van der Waals surface area contributed by atoms with Gasteiger partial charge in [-0.1, -0.05) is 12.1 Å². The summed E-state index contributed by atoms with van der Waals surface area (Å²) in [5.74, 6) is -0.396. The Kier molecular flexibility index (Phi) is 2.95. The molecule has 0 bridgehead atoms. The molecule has 17 heavy (non-hydrogen) atoms. The van der Waals surface area contributed by atoms with Gasteiger partial charge in [-0.05, 0) is 13.0 Å². The average molecular weight is 231 g/mol. The molecule has 1 aromatic heterocycles. The molecule has 0 radical (unpaired) electrons. The van der Waals surface area contributed by atoms with Crippen molar-refractivity contribution in [3.05, 3.63) is 46.8 Å². The summed E-state index contributed by atoms with van der Waals surface area (Å²) in [5.41, 5.74) is 1.40. The van der Waals surface area contributed by atoms with Crippen molar-refractivity contribution in [3.63, 3.8) is 0 Å². The highest BCUT2D eigenvalue weighted by Gasteiger charge is 2.17. The number of aromatic nitrogens is 1. The minimum atomic E-state index is -0.396. The van der Waals surface area contributed by atoms with E-state index in [4.69, 9.17) is 4.74 Å². The first-order chi connectivity index (χ1) is 8.15. The predicted octanol–water partition coefficient (Wildman–Crippen LogP) is 1.96. The van der Waals surface area contributed by atoms with Gasteiger partial charge in [0.1, 0.15) is 0 Å². The number of esters is 1. The Morgan fingerprint density at radius 3 is 2.82 bits per heavy atom. The largest absolute Gasteiger partial charge is 0.618 e. The quantitative estimate of drug-likeness (QED) is 0.451. The van der Waals surface area contributed by atoms with Crippen LogP contribution in [-0.4, -0.2) is 12.6 Å². The number of benzene rings is 1. The number of aryl methyl sites for hydroxylation is 1. The number of para-hydroxylation sites is 1. The third-order valence-electron chi connectivity index (χ3n) is 2.58. The smallest absolute Gasteiger partial charge is 0.339 e. The number of hydrogen-bond donors (Lipinski definition) is 0. The molecule has 0 aliphatic carbocycles. The highest BCUT2D eigenvalue weighted by Crippen LogP contribution is 2.17. The minimum Gasteiger partial charge on any atom is -0.618 e. The Labute approximate surface area is 99.0 Å². The van der Waals surface area contributed by atoms with E-state index >= 15 is 0 Å². The zero-order valence-electron chi connectivity index (χ0n) is 9.77. The van der Waals surface area contributed by atoms with E-state index in [-0.39, 0.29) is 0 Å². The maximum absolute atomic E-state index is 11.8. The fraction of sp³-hybridized carbons (Fsp3) is 0.231. The van der Waals surface area contributed by atoms with Gasteiger partial charge in [-0.25, -0.2) is 4.79 Å². The lowest BCUT2D eigenvalue weighted by molar-refractivity contribution is -0.584. The molecule has 0 saturated carbocycles. The third-order valence-corrected chi connectivity index (χ3v) is 2.58. The number of ether oxygens (including phenoxy) is 1. The molecule has 0 unspecified atom stereocenters. The summed E-state index contributed by atoms with van der Waals surface area (Å²) >= 11 is 0. The molecule has 1 heterocycles. The van der Waals surface area contributed by atoms with Crippen molar-refractivity contribution in [1.29, 1.82) is 0 Å². The predicted molar refractivity (Wildman–Crippen MR) is 63.6 cm³/mol. The molecule has 0 fully saturated rings. The van der Waals surface area contributed by atoms with Crippen molar-refractivity contribution in [2.24, 2.45) is 0 Å². The standard InChI is InChI=1S/C13H13NO3/c1-3-17-13(15)11-8-9(2)14(16)12-7-5-4-6-10(11)12/h4-8H,3H2,1-2H3. The van der Waals surface area contributed by atoms with Crippen LogP contribution in [0.3, 0.4) is 0 Å². The van der Waals surface area contributed by atoms with Gasteiger partial charge >= 0.3 is 5.97 Å². The van der Waals surface area contributed by atoms with Crippen molar-refractivity contribution in [3.8, 4) is 0 Å². The van der Waals surface area contributed by atoms with Gasteiger partial charge in [0.25, 0.3) is 0 Å². The van der Waals surface area contributed by atoms with Crippen LogP contribution in [0.15, 0.2) is 30.3 Å². The van der Waals surface area contributed by atoms with Crippen LogP contribution in [-0.2, 0) is 4.74 Å². The molecule has 4 heteroatoms. The van der Waals surface area contributed by atoms with E-state index in [9.17, 15) is 10.0 Å². The van der Waals surface area contributed by atoms with Gasteiger partial charge in [0.15, 0.2) is 5.69 Å². The van der Waals surface area contributed by atoms with Crippen LogP contribution in [0.1, 0.15) is 23.0 Å². The van der Waals surface area contributed by atoms with Crippen molar-refractivity contribution < 1.29 is 14.3 Å². The van der Waals surface area contributed by atoms with Gasteiger partial charge < -0.3 is 9.94 Å². The third kappa shape index (κ3) is 1.93. The van der Waals surface area contributed by atoms with E-state index in [0.29, 0.717) is 28.8 Å². The van der Waals surface area contributed by atoms with E-state index < -0.39 is 5.97 Å². The number of carbonyl (C=O) groups excluding carboxylic acids is 1. The highest BCUT2D eigenvalue weighted by atomic mass is 16.5. The summed E-state index contributed by atoms with van der Waals surface area (Å²) in [7, 11) is 0. The molecule has 2 aromatic rings. The van der Waals surface area contributed by atoms with Crippen molar-refractivity contribution in [2.45, 2.75) is 13.8 Å². The van der Waals surface area contributed by atoms with E-state index in [1.165, 1.54) is 0 Å². The highest BCUT2D eigenvalue weighted by molar-refractivity contribution is 6.02. The summed E-state index contributed by atoms with van der Waals surface area (Å²) < 4.78 is 5.80. The lowest BCUT2D eigenvalue weighted by Crippen LogP contribution is -2.31. The maximum atomic E-state index is 11.8. The van der Waals surface area contributed by atoms with Gasteiger partial charge in [0.2, 0.25) is 5.52 Å². The van der Waals surface area contributed by atoms with Crippen molar-refractivity contribution >= 4 is 16.9 Å². The topological polar surface area (TPSA) is 53.2 Å². The van der Waals surface area contributed by atoms with E-state index in [1.54, 1.807) is 44.2 Å². The first-order valence-corrected chi connectivity index (χ1v) is 5.44. The fourth-order valence-electron chi connectivity index (χ4n) is 1.79. The van der Waals surface area contributed by atoms with Crippen LogP contribution in [0.2, 0.25) is 0 Å². The van der Waals surface area contributed by atoms with Gasteiger partial charge in [-0.2, -0.15) is 4.73 Å². The molecule has 4 nitrogen and oxygen atoms in total. The minimum absolute atomic E-state index is 0.318. The van der Waals surface area contributed by atoms with E-state index in [0.717, 1.165) is 4.73 Å². The van der Waals surface area contributed by atoms with E-state index in [2.05, 4.69) is 0 Å². The summed E-state index contributed by atoms with van der Waals surface area (Å²) in [6.45, 7) is 3.74. The van der Waals surface area contributed by atoms with Crippen LogP contribution >= 0.6 is 0 Å². The number of rotatable bonds is 2. The second-order valence-electron chi connectivity index (χ2n) is 3.73. The molecule has 2 rings (SSSR count). The molecule has 88 valence electrons. The summed E-state index contributed by atoms with van der Waals surface area (Å²) in [5, 5.41) is 12.4. The summed E-state index contributed by atoms with van der Waals surface area (Å²) in [6.07, 6.45) is 0. The first kappa shape index (κ1) is 11.4. The van der Waals surface area contributed by atoms with Crippen LogP contribution < -0.4 is 4.73 Å². The molecule has 0 spiro atoms. The molecule has 1 aromatic carbocycles. The van der Waals surface area contributed by atoms with Crippen LogP contribution in [0.25, 0.3) is 10.9 Å². The molecule has 0 aliphatic rings. The number of nitrogens with zero attached hydrogens (tertiary/aromatic N) is 1. The van der Waals surface area contributed by atoms with Crippen molar-refractivity contribution in [1.82, 2.24) is 0 Å². The van der Waals surface area contributed by atoms with Crippen LogP contribution in [0.5, 0.6) is 0 Å². The Balaban J connectivity index is 2.71. The Morgan fingerprint density at radius 2 is 2.12 bits per heavy atom. The molecule has 0 saturated heterocycles. The molecule has 0 N–H and O–H groups in total. The summed E-state index contributed by atoms with van der Waals surface area (Å²) in [4.78, 5) is 11.8. The monoisotopic (exact) mass is 231 g/mol. The molecule has 0 aliphatic heterocycles. The normalized spacial score (nSPS) is 10.5. The number of carbonyl (C=O) groups is 1. The number of fused-ring (bicyclic) bond motifs is 1. The molecular formula is C13H13NO3. The second kappa shape index (κ2) is 4.41. The lowest BCUT2D eigenvalue weighted by atomic mass is 10.1. The lowest BCUT2D eigenvalue weighted by Gasteiger charge is -2.09. The Morgan fingerprint density at radius 1 is 1.41 bits per heavy atom. The average Bonchev–Trinajstić information content (AvgIpc) is 2.34. The SMILES string of the molecule is CCOC(=O)c1cc(C)[n+]([O-])c2ccccc12. The second-order valence-corrected chi connectivity index (χ2v) is 3.73. The van der Waals surface area contributed by atoms with Crippen LogP contribution in [0.4, 0.5) is 0 Å². The van der Waals surface area contributed by atoms with Crippen LogP contribution in [0, 0.1) is 12.1 Å². The molecule has 0 atom stereocenters. The maximum Gasteiger partial charge on any atom is 0.339 e. The first-order valence-electron chi connectivity index (χ1n) is 5.44. The summed E-state index contributed by atoms with van der Waals surface area (Å²) in [6, 6.07) is 8.56. The fourth-order valence-corrected chi connectivity index (χ4v) is 1.79.